The van der Waals surface area contributed by atoms with Gasteiger partial charge in [-0.15, -0.1) is 0 Å². The maximum absolute atomic E-state index is 13.1. The minimum absolute atomic E-state index is 0.0710. The molecule has 0 spiro atoms. The number of hydrogen-bond donors (Lipinski definition) is 0. The number of carbonyl (C=O) groups excluding carboxylic acids is 1. The number of nitro benzene ring substituents is 1. The van der Waals surface area contributed by atoms with Crippen molar-refractivity contribution in [3.8, 4) is 0 Å². The molecule has 1 fully saturated rings. The molecule has 2 aromatic carbocycles. The first kappa shape index (κ1) is 19.0. The number of halogens is 1. The lowest BCUT2D eigenvalue weighted by atomic mass is 10.1. The molecule has 3 rings (SSSR count). The fourth-order valence-corrected chi connectivity index (χ4v) is 4.44. The van der Waals surface area contributed by atoms with E-state index in [1.165, 1.54) is 6.07 Å². The molecule has 7 nitrogen and oxygen atoms in total. The molecule has 0 aliphatic carbocycles. The van der Waals surface area contributed by atoms with Crippen LogP contribution in [0.15, 0.2) is 52.3 Å². The van der Waals surface area contributed by atoms with Gasteiger partial charge < -0.3 is 4.90 Å². The Hall–Kier alpha value is -2.81. The van der Waals surface area contributed by atoms with E-state index >= 15 is 0 Å². The van der Waals surface area contributed by atoms with Crippen LogP contribution in [-0.2, 0) is 9.84 Å². The summed E-state index contributed by atoms with van der Waals surface area (Å²) in [6.07, 6.45) is 2.76. The summed E-state index contributed by atoms with van der Waals surface area (Å²) < 4.78 is 38.5. The van der Waals surface area contributed by atoms with Gasteiger partial charge in [0.15, 0.2) is 0 Å². The number of likely N-dealkylation sites (tertiary alicyclic amines) is 1. The van der Waals surface area contributed by atoms with E-state index in [0.717, 1.165) is 55.7 Å². The largest absolute Gasteiger partial charge is 0.339 e. The van der Waals surface area contributed by atoms with E-state index in [0.29, 0.717) is 13.1 Å². The topological polar surface area (TPSA) is 97.6 Å². The maximum Gasteiger partial charge on any atom is 0.289 e. The number of sulfone groups is 1. The van der Waals surface area contributed by atoms with E-state index < -0.39 is 31.2 Å². The number of carbonyl (C=O) groups is 1. The minimum atomic E-state index is -4.23. The lowest BCUT2D eigenvalue weighted by Crippen LogP contribution is -2.35. The van der Waals surface area contributed by atoms with Gasteiger partial charge in [0.25, 0.3) is 11.6 Å². The van der Waals surface area contributed by atoms with Gasteiger partial charge in [-0.1, -0.05) is 0 Å². The summed E-state index contributed by atoms with van der Waals surface area (Å²) in [4.78, 5) is 24.0. The fraction of sp³-hybridized carbons (Fsp3) is 0.278. The number of nitro groups is 1. The Morgan fingerprint density at radius 2 is 1.67 bits per heavy atom. The van der Waals surface area contributed by atoms with E-state index in [1.54, 1.807) is 4.90 Å². The molecule has 27 heavy (non-hydrogen) atoms. The quantitative estimate of drug-likeness (QED) is 0.452. The molecule has 0 radical (unpaired) electrons. The van der Waals surface area contributed by atoms with Gasteiger partial charge >= 0.3 is 0 Å². The first-order valence-electron chi connectivity index (χ1n) is 8.39. The summed E-state index contributed by atoms with van der Waals surface area (Å²) in [5.41, 5.74) is -0.608. The van der Waals surface area contributed by atoms with Crippen molar-refractivity contribution < 1.29 is 22.5 Å². The summed E-state index contributed by atoms with van der Waals surface area (Å²) in [6, 6.07) is 7.35. The second-order valence-electron chi connectivity index (χ2n) is 6.25. The second kappa shape index (κ2) is 7.43. The third-order valence-electron chi connectivity index (χ3n) is 4.46. The number of benzene rings is 2. The zero-order valence-corrected chi connectivity index (χ0v) is 15.1. The van der Waals surface area contributed by atoms with Crippen LogP contribution in [0.3, 0.4) is 0 Å². The molecule has 1 aliphatic heterocycles. The Bertz CT molecular complexity index is 983. The SMILES string of the molecule is O=C(c1ccc(S(=O)(=O)c2ccc(F)cc2)c([N+](=O)[O-])c1)N1CCCCC1. The summed E-state index contributed by atoms with van der Waals surface area (Å²) in [7, 11) is -4.23. The molecule has 0 saturated carbocycles. The lowest BCUT2D eigenvalue weighted by Gasteiger charge is -2.26. The van der Waals surface area contributed by atoms with Gasteiger partial charge in [-0.3, -0.25) is 14.9 Å². The number of amides is 1. The van der Waals surface area contributed by atoms with Gasteiger partial charge in [0.05, 0.1) is 9.82 Å². The molecule has 0 aromatic heterocycles. The smallest absolute Gasteiger partial charge is 0.289 e. The molecular weight excluding hydrogens is 375 g/mol. The average molecular weight is 392 g/mol. The van der Waals surface area contributed by atoms with Crippen molar-refractivity contribution in [2.75, 3.05) is 13.1 Å². The zero-order valence-electron chi connectivity index (χ0n) is 14.3. The first-order valence-corrected chi connectivity index (χ1v) is 9.87. The highest BCUT2D eigenvalue weighted by Gasteiger charge is 2.30. The predicted molar refractivity (Wildman–Crippen MR) is 94.7 cm³/mol. The van der Waals surface area contributed by atoms with Gasteiger partial charge in [-0.25, -0.2) is 12.8 Å². The molecule has 0 unspecified atom stereocenters. The van der Waals surface area contributed by atoms with Crippen molar-refractivity contribution in [2.24, 2.45) is 0 Å². The molecule has 0 atom stereocenters. The summed E-state index contributed by atoms with van der Waals surface area (Å²) in [5.74, 6) is -0.977. The average Bonchev–Trinajstić information content (AvgIpc) is 2.68. The third kappa shape index (κ3) is 3.82. The Morgan fingerprint density at radius 1 is 1.04 bits per heavy atom. The lowest BCUT2D eigenvalue weighted by molar-refractivity contribution is -0.387. The number of hydrogen-bond acceptors (Lipinski definition) is 5. The van der Waals surface area contributed by atoms with E-state index in [2.05, 4.69) is 0 Å². The van der Waals surface area contributed by atoms with Crippen LogP contribution in [0, 0.1) is 15.9 Å². The second-order valence-corrected chi connectivity index (χ2v) is 8.17. The van der Waals surface area contributed by atoms with Crippen LogP contribution in [-0.4, -0.2) is 37.2 Å². The zero-order chi connectivity index (χ0) is 19.6. The van der Waals surface area contributed by atoms with Crippen LogP contribution in [0.2, 0.25) is 0 Å². The first-order chi connectivity index (χ1) is 12.8. The molecule has 9 heteroatoms. The molecular formula is C18H17FN2O5S. The van der Waals surface area contributed by atoms with Crippen LogP contribution in [0.25, 0.3) is 0 Å². The maximum atomic E-state index is 13.1. The number of nitrogens with zero attached hydrogens (tertiary/aromatic N) is 2. The Balaban J connectivity index is 2.02. The summed E-state index contributed by atoms with van der Waals surface area (Å²) in [5, 5.41) is 11.5. The molecule has 1 aliphatic rings. The Labute approximate surface area is 155 Å². The van der Waals surface area contributed by atoms with Gasteiger partial charge in [0.1, 0.15) is 10.7 Å². The molecule has 142 valence electrons. The predicted octanol–water partition coefficient (Wildman–Crippen LogP) is 3.19. The van der Waals surface area contributed by atoms with Gasteiger partial charge in [0, 0.05) is 24.7 Å². The summed E-state index contributed by atoms with van der Waals surface area (Å²) >= 11 is 0. The highest BCUT2D eigenvalue weighted by Crippen LogP contribution is 2.31. The normalized spacial score (nSPS) is 14.8. The Kier molecular flexibility index (Phi) is 5.22. The van der Waals surface area contributed by atoms with Gasteiger partial charge in [-0.05, 0) is 55.7 Å². The van der Waals surface area contributed by atoms with Crippen molar-refractivity contribution in [1.82, 2.24) is 4.90 Å². The van der Waals surface area contributed by atoms with Crippen LogP contribution < -0.4 is 0 Å². The van der Waals surface area contributed by atoms with E-state index in [4.69, 9.17) is 0 Å². The monoisotopic (exact) mass is 392 g/mol. The molecule has 0 N–H and O–H groups in total. The van der Waals surface area contributed by atoms with Crippen LogP contribution in [0.5, 0.6) is 0 Å². The molecule has 1 saturated heterocycles. The molecule has 0 bridgehead atoms. The number of rotatable bonds is 4. The number of piperidine rings is 1. The minimum Gasteiger partial charge on any atom is -0.339 e. The van der Waals surface area contributed by atoms with Crippen LogP contribution >= 0.6 is 0 Å². The van der Waals surface area contributed by atoms with Crippen molar-refractivity contribution in [1.29, 1.82) is 0 Å². The van der Waals surface area contributed by atoms with Gasteiger partial charge in [-0.2, -0.15) is 0 Å². The molecule has 1 amide bonds. The molecule has 1 heterocycles. The van der Waals surface area contributed by atoms with Crippen molar-refractivity contribution in [3.05, 3.63) is 64.0 Å². The highest BCUT2D eigenvalue weighted by molar-refractivity contribution is 7.91. The van der Waals surface area contributed by atoms with Crippen molar-refractivity contribution in [3.63, 3.8) is 0 Å². The molecule has 2 aromatic rings. The standard InChI is InChI=1S/C18H17FN2O5S/c19-14-5-7-15(8-6-14)27(25,26)17-9-4-13(12-16(17)21(23)24)18(22)20-10-2-1-3-11-20/h4-9,12H,1-3,10-11H2. The van der Waals surface area contributed by atoms with E-state index in [1.807, 2.05) is 0 Å². The van der Waals surface area contributed by atoms with Crippen LogP contribution in [0.1, 0.15) is 29.6 Å². The fourth-order valence-electron chi connectivity index (χ4n) is 3.04. The third-order valence-corrected chi connectivity index (χ3v) is 6.28. The Morgan fingerprint density at radius 3 is 2.26 bits per heavy atom. The van der Waals surface area contributed by atoms with E-state index in [-0.39, 0.29) is 16.4 Å². The summed E-state index contributed by atoms with van der Waals surface area (Å²) in [6.45, 7) is 1.14. The van der Waals surface area contributed by atoms with Gasteiger partial charge in [0.2, 0.25) is 9.84 Å². The van der Waals surface area contributed by atoms with Crippen molar-refractivity contribution >= 4 is 21.4 Å². The highest BCUT2D eigenvalue weighted by atomic mass is 32.2. The van der Waals surface area contributed by atoms with Crippen LogP contribution in [0.4, 0.5) is 10.1 Å². The van der Waals surface area contributed by atoms with Crippen molar-refractivity contribution in [2.45, 2.75) is 29.1 Å². The van der Waals surface area contributed by atoms with E-state index in [9.17, 15) is 27.7 Å².